The molecule has 1 aliphatic rings. The normalized spacial score (nSPS) is 18.8. The number of nitrogens with zero attached hydrogens (tertiary/aromatic N) is 2. The third-order valence-electron chi connectivity index (χ3n) is 7.03. The highest BCUT2D eigenvalue weighted by atomic mass is 19.4. The molecule has 0 aliphatic heterocycles. The molecule has 34 heavy (non-hydrogen) atoms. The highest BCUT2D eigenvalue weighted by Crippen LogP contribution is 2.48. The van der Waals surface area contributed by atoms with Gasteiger partial charge in [-0.05, 0) is 67.7 Å². The molecule has 0 amide bonds. The van der Waals surface area contributed by atoms with E-state index in [2.05, 4.69) is 49.1 Å². The van der Waals surface area contributed by atoms with Gasteiger partial charge in [-0.1, -0.05) is 74.9 Å². The molecule has 3 rings (SSSR count). The van der Waals surface area contributed by atoms with Gasteiger partial charge in [0.1, 0.15) is 0 Å². The summed E-state index contributed by atoms with van der Waals surface area (Å²) >= 11 is 0. The molecule has 1 saturated carbocycles. The fourth-order valence-electron chi connectivity index (χ4n) is 5.18. The van der Waals surface area contributed by atoms with Crippen LogP contribution in [0.1, 0.15) is 75.5 Å². The summed E-state index contributed by atoms with van der Waals surface area (Å²) in [6.45, 7) is 7.99. The molecular formula is C29H39F3N2. The Kier molecular flexibility index (Phi) is 11.6. The van der Waals surface area contributed by atoms with E-state index in [0.717, 1.165) is 44.3 Å². The standard InChI is InChI=1S/C27H36F3N.C2H3N/c1-3-24(31(4-2)20-19-21-9-6-5-7-10-21)18-15-22-13-16-23(17-14-22)25-11-8-12-26(25)27(28,29)30;1-2-3/h5-7,9-10,13-14,16-17,24-26H,3-4,8,11-12,15,18-20H2,1-2H3;1H3. The molecule has 2 nitrogen and oxygen atoms in total. The first kappa shape index (κ1) is 27.9. The van der Waals surface area contributed by atoms with Crippen LogP contribution in [0.4, 0.5) is 13.2 Å². The van der Waals surface area contributed by atoms with Crippen molar-refractivity contribution in [3.05, 3.63) is 71.3 Å². The Morgan fingerprint density at radius 1 is 0.971 bits per heavy atom. The predicted molar refractivity (Wildman–Crippen MR) is 134 cm³/mol. The monoisotopic (exact) mass is 472 g/mol. The second-order valence-electron chi connectivity index (χ2n) is 9.12. The van der Waals surface area contributed by atoms with Crippen LogP contribution in [0.2, 0.25) is 0 Å². The minimum absolute atomic E-state index is 0.268. The van der Waals surface area contributed by atoms with Crippen molar-refractivity contribution < 1.29 is 13.2 Å². The highest BCUT2D eigenvalue weighted by Gasteiger charge is 2.47. The molecular weight excluding hydrogens is 433 g/mol. The molecule has 0 heterocycles. The minimum Gasteiger partial charge on any atom is -0.300 e. The number of likely N-dealkylation sites (N-methyl/N-ethyl adjacent to an activating group) is 1. The van der Waals surface area contributed by atoms with Gasteiger partial charge in [0.15, 0.2) is 0 Å². The number of aryl methyl sites for hydroxylation is 1. The van der Waals surface area contributed by atoms with E-state index in [1.54, 1.807) is 6.07 Å². The number of hydrogen-bond acceptors (Lipinski definition) is 2. The third kappa shape index (κ3) is 8.47. The van der Waals surface area contributed by atoms with Crippen molar-refractivity contribution in [2.75, 3.05) is 13.1 Å². The molecule has 3 unspecified atom stereocenters. The summed E-state index contributed by atoms with van der Waals surface area (Å²) in [6, 6.07) is 20.9. The molecule has 0 N–H and O–H groups in total. The van der Waals surface area contributed by atoms with Gasteiger partial charge in [0.05, 0.1) is 12.0 Å². The summed E-state index contributed by atoms with van der Waals surface area (Å²) in [5.74, 6) is -1.54. The Hall–Kier alpha value is -2.32. The summed E-state index contributed by atoms with van der Waals surface area (Å²) in [5, 5.41) is 7.32. The van der Waals surface area contributed by atoms with E-state index in [1.165, 1.54) is 18.1 Å². The van der Waals surface area contributed by atoms with E-state index < -0.39 is 12.1 Å². The summed E-state index contributed by atoms with van der Waals surface area (Å²) in [4.78, 5) is 2.56. The molecule has 0 radical (unpaired) electrons. The van der Waals surface area contributed by atoms with Gasteiger partial charge in [-0.15, -0.1) is 0 Å². The number of alkyl halides is 3. The van der Waals surface area contributed by atoms with Crippen LogP contribution in [-0.4, -0.2) is 30.2 Å². The molecule has 1 fully saturated rings. The number of benzene rings is 2. The lowest BCUT2D eigenvalue weighted by Crippen LogP contribution is -2.36. The van der Waals surface area contributed by atoms with Crippen molar-refractivity contribution in [1.82, 2.24) is 4.90 Å². The van der Waals surface area contributed by atoms with Crippen LogP contribution in [0, 0.1) is 17.2 Å². The van der Waals surface area contributed by atoms with E-state index in [9.17, 15) is 13.2 Å². The van der Waals surface area contributed by atoms with Gasteiger partial charge in [-0.2, -0.15) is 18.4 Å². The fraction of sp³-hybridized carbons (Fsp3) is 0.552. The fourth-order valence-corrected chi connectivity index (χ4v) is 5.18. The van der Waals surface area contributed by atoms with Crippen molar-refractivity contribution in [2.45, 2.75) is 83.9 Å². The molecule has 3 atom stereocenters. The van der Waals surface area contributed by atoms with E-state index >= 15 is 0 Å². The van der Waals surface area contributed by atoms with Gasteiger partial charge in [0.2, 0.25) is 0 Å². The minimum atomic E-state index is -4.09. The van der Waals surface area contributed by atoms with Crippen LogP contribution in [0.15, 0.2) is 54.6 Å². The zero-order chi connectivity index (χ0) is 25.0. The Labute approximate surface area is 203 Å². The quantitative estimate of drug-likeness (QED) is 0.351. The van der Waals surface area contributed by atoms with Gasteiger partial charge in [0.25, 0.3) is 0 Å². The van der Waals surface area contributed by atoms with Crippen LogP contribution < -0.4 is 0 Å². The lowest BCUT2D eigenvalue weighted by atomic mass is 9.87. The summed E-state index contributed by atoms with van der Waals surface area (Å²) in [5.41, 5.74) is 3.45. The van der Waals surface area contributed by atoms with Crippen LogP contribution >= 0.6 is 0 Å². The van der Waals surface area contributed by atoms with Crippen molar-refractivity contribution in [2.24, 2.45) is 5.92 Å². The first-order valence-corrected chi connectivity index (χ1v) is 12.6. The average molecular weight is 473 g/mol. The first-order valence-electron chi connectivity index (χ1n) is 12.6. The van der Waals surface area contributed by atoms with Crippen molar-refractivity contribution in [3.8, 4) is 6.07 Å². The molecule has 0 bridgehead atoms. The highest BCUT2D eigenvalue weighted by molar-refractivity contribution is 5.27. The number of nitriles is 1. The van der Waals surface area contributed by atoms with E-state index in [1.807, 2.05) is 24.3 Å². The second-order valence-corrected chi connectivity index (χ2v) is 9.12. The lowest BCUT2D eigenvalue weighted by molar-refractivity contribution is -0.176. The Bertz CT molecular complexity index is 856. The predicted octanol–water partition coefficient (Wildman–Crippen LogP) is 7.94. The molecule has 0 spiro atoms. The maximum absolute atomic E-state index is 13.3. The zero-order valence-electron chi connectivity index (χ0n) is 20.8. The van der Waals surface area contributed by atoms with Crippen LogP contribution in [0.25, 0.3) is 0 Å². The smallest absolute Gasteiger partial charge is 0.300 e. The van der Waals surface area contributed by atoms with Crippen LogP contribution in [0.5, 0.6) is 0 Å². The van der Waals surface area contributed by atoms with Crippen LogP contribution in [-0.2, 0) is 12.8 Å². The van der Waals surface area contributed by atoms with E-state index in [4.69, 9.17) is 5.26 Å². The summed E-state index contributed by atoms with van der Waals surface area (Å²) in [7, 11) is 0. The molecule has 2 aromatic carbocycles. The number of hydrogen-bond donors (Lipinski definition) is 0. The van der Waals surface area contributed by atoms with Gasteiger partial charge in [0, 0.05) is 19.5 Å². The van der Waals surface area contributed by atoms with Crippen molar-refractivity contribution >= 4 is 0 Å². The number of halogens is 3. The van der Waals surface area contributed by atoms with Gasteiger partial charge in [-0.3, -0.25) is 0 Å². The summed E-state index contributed by atoms with van der Waals surface area (Å²) in [6.07, 6.45) is 1.71. The largest absolute Gasteiger partial charge is 0.392 e. The van der Waals surface area contributed by atoms with Gasteiger partial charge < -0.3 is 4.90 Å². The Morgan fingerprint density at radius 2 is 1.59 bits per heavy atom. The molecule has 1 aliphatic carbocycles. The zero-order valence-corrected chi connectivity index (χ0v) is 20.8. The summed E-state index contributed by atoms with van der Waals surface area (Å²) < 4.78 is 39.9. The SMILES string of the molecule is CC#N.CCC(CCc1ccc(C2CCCC2C(F)(F)F)cc1)N(CC)CCc1ccccc1. The van der Waals surface area contributed by atoms with Crippen molar-refractivity contribution in [3.63, 3.8) is 0 Å². The molecule has 2 aromatic rings. The first-order chi connectivity index (χ1) is 16.3. The number of rotatable bonds is 10. The average Bonchev–Trinajstić information content (AvgIpc) is 3.33. The maximum atomic E-state index is 13.3. The van der Waals surface area contributed by atoms with E-state index in [0.29, 0.717) is 18.9 Å². The maximum Gasteiger partial charge on any atom is 0.392 e. The molecule has 186 valence electrons. The third-order valence-corrected chi connectivity index (χ3v) is 7.03. The molecule has 0 aromatic heterocycles. The molecule has 5 heteroatoms. The van der Waals surface area contributed by atoms with Crippen LogP contribution in [0.3, 0.4) is 0 Å². The van der Waals surface area contributed by atoms with E-state index in [-0.39, 0.29) is 12.3 Å². The van der Waals surface area contributed by atoms with Gasteiger partial charge in [-0.25, -0.2) is 0 Å². The Balaban J connectivity index is 0.00000129. The second kappa shape index (κ2) is 14.2. The molecule has 0 saturated heterocycles. The van der Waals surface area contributed by atoms with Crippen molar-refractivity contribution in [1.29, 1.82) is 5.26 Å². The van der Waals surface area contributed by atoms with Gasteiger partial charge >= 0.3 is 6.18 Å². The Morgan fingerprint density at radius 3 is 2.15 bits per heavy atom. The lowest BCUT2D eigenvalue weighted by Gasteiger charge is -2.30. The topological polar surface area (TPSA) is 27.0 Å².